The fourth-order valence-corrected chi connectivity index (χ4v) is 5.41. The van der Waals surface area contributed by atoms with Gasteiger partial charge in [0.05, 0.1) is 25.3 Å². The molecule has 9 nitrogen and oxygen atoms in total. The first-order valence-corrected chi connectivity index (χ1v) is 14.2. The van der Waals surface area contributed by atoms with Gasteiger partial charge in [-0.25, -0.2) is 9.59 Å². The van der Waals surface area contributed by atoms with E-state index in [1.165, 1.54) is 10.5 Å². The molecule has 3 amide bonds. The first-order chi connectivity index (χ1) is 19.4. The predicted molar refractivity (Wildman–Crippen MR) is 158 cm³/mol. The average molecular weight is 563 g/mol. The Balaban J connectivity index is 1.59. The van der Waals surface area contributed by atoms with Crippen LogP contribution < -0.4 is 10.1 Å². The quantitative estimate of drug-likeness (QED) is 0.505. The SMILES string of the molecule is CCOC(=O)C1=C(CN2CCN(C(=O)c3ccc(OC)cc3)C(C)C2)N(C)C(=O)NC1c1ccc(C(C)(C)C)cc1. The molecule has 4 rings (SSSR count). The topological polar surface area (TPSA) is 91.4 Å². The Morgan fingerprint density at radius 3 is 2.24 bits per heavy atom. The highest BCUT2D eigenvalue weighted by Gasteiger charge is 2.38. The van der Waals surface area contributed by atoms with Gasteiger partial charge in [-0.15, -0.1) is 0 Å². The summed E-state index contributed by atoms with van der Waals surface area (Å²) in [6, 6.07) is 14.2. The van der Waals surface area contributed by atoms with Crippen LogP contribution in [-0.2, 0) is 14.9 Å². The van der Waals surface area contributed by atoms with Crippen molar-refractivity contribution in [2.45, 2.75) is 52.1 Å². The third-order valence-electron chi connectivity index (χ3n) is 7.87. The fraction of sp³-hybridized carbons (Fsp3) is 0.469. The Labute approximate surface area is 243 Å². The Morgan fingerprint density at radius 2 is 1.68 bits per heavy atom. The molecule has 2 atom stereocenters. The number of likely N-dealkylation sites (N-methyl/N-ethyl adjacent to an activating group) is 1. The maximum atomic E-state index is 13.4. The van der Waals surface area contributed by atoms with E-state index < -0.39 is 12.0 Å². The molecular weight excluding hydrogens is 520 g/mol. The maximum Gasteiger partial charge on any atom is 0.338 e. The van der Waals surface area contributed by atoms with Crippen molar-refractivity contribution in [3.8, 4) is 5.75 Å². The number of piperazine rings is 1. The van der Waals surface area contributed by atoms with Crippen LogP contribution in [0.3, 0.4) is 0 Å². The van der Waals surface area contributed by atoms with Crippen molar-refractivity contribution < 1.29 is 23.9 Å². The highest BCUT2D eigenvalue weighted by Crippen LogP contribution is 2.33. The van der Waals surface area contributed by atoms with Gasteiger partial charge in [-0.2, -0.15) is 0 Å². The van der Waals surface area contributed by atoms with Crippen LogP contribution >= 0.6 is 0 Å². The summed E-state index contributed by atoms with van der Waals surface area (Å²) >= 11 is 0. The summed E-state index contributed by atoms with van der Waals surface area (Å²) in [5, 5.41) is 3.00. The number of amides is 3. The Morgan fingerprint density at radius 1 is 1.02 bits per heavy atom. The second-order valence-corrected chi connectivity index (χ2v) is 11.7. The number of nitrogens with one attached hydrogen (secondary N) is 1. The van der Waals surface area contributed by atoms with Crippen molar-refractivity contribution in [2.24, 2.45) is 0 Å². The molecule has 2 heterocycles. The van der Waals surface area contributed by atoms with E-state index in [2.05, 4.69) is 31.0 Å². The number of benzene rings is 2. The highest BCUT2D eigenvalue weighted by atomic mass is 16.5. The van der Waals surface area contributed by atoms with E-state index in [4.69, 9.17) is 9.47 Å². The number of esters is 1. The minimum Gasteiger partial charge on any atom is -0.497 e. The third kappa shape index (κ3) is 6.56. The second-order valence-electron chi connectivity index (χ2n) is 11.7. The maximum absolute atomic E-state index is 13.4. The summed E-state index contributed by atoms with van der Waals surface area (Å²) in [6.45, 7) is 12.6. The van der Waals surface area contributed by atoms with E-state index in [1.807, 2.05) is 36.1 Å². The van der Waals surface area contributed by atoms with Gasteiger partial charge in [-0.05, 0) is 54.7 Å². The smallest absolute Gasteiger partial charge is 0.338 e. The molecule has 0 spiro atoms. The predicted octanol–water partition coefficient (Wildman–Crippen LogP) is 4.35. The average Bonchev–Trinajstić information content (AvgIpc) is 2.95. The second kappa shape index (κ2) is 12.3. The van der Waals surface area contributed by atoms with Crippen LogP contribution in [0.4, 0.5) is 4.79 Å². The summed E-state index contributed by atoms with van der Waals surface area (Å²) in [5.74, 6) is 0.231. The van der Waals surface area contributed by atoms with Crippen molar-refractivity contribution in [1.29, 1.82) is 0 Å². The number of urea groups is 1. The van der Waals surface area contributed by atoms with Crippen LogP contribution in [0.1, 0.15) is 62.1 Å². The normalized spacial score (nSPS) is 20.1. The monoisotopic (exact) mass is 562 g/mol. The lowest BCUT2D eigenvalue weighted by molar-refractivity contribution is -0.139. The molecule has 2 aromatic carbocycles. The molecule has 2 unspecified atom stereocenters. The summed E-state index contributed by atoms with van der Waals surface area (Å²) in [6.07, 6.45) is 0. The zero-order valence-electron chi connectivity index (χ0n) is 25.2. The number of nitrogens with zero attached hydrogens (tertiary/aromatic N) is 3. The Kier molecular flexibility index (Phi) is 9.07. The standard InChI is InChI=1S/C32H42N4O5/c1-8-41-30(38)27-26(34(6)31(39)33-28(27)22-9-13-24(14-10-22)32(3,4)5)20-35-17-18-36(21(2)19-35)29(37)23-11-15-25(40-7)16-12-23/h9-16,21,28H,8,17-20H2,1-7H3,(H,33,39). The number of rotatable bonds is 7. The molecule has 1 saturated heterocycles. The zero-order valence-corrected chi connectivity index (χ0v) is 25.2. The van der Waals surface area contributed by atoms with Crippen molar-refractivity contribution in [1.82, 2.24) is 20.0 Å². The van der Waals surface area contributed by atoms with Crippen molar-refractivity contribution in [3.63, 3.8) is 0 Å². The fourth-order valence-electron chi connectivity index (χ4n) is 5.41. The van der Waals surface area contributed by atoms with E-state index in [-0.39, 0.29) is 30.0 Å². The number of hydrogen-bond acceptors (Lipinski definition) is 6. The number of carbonyl (C=O) groups is 3. The van der Waals surface area contributed by atoms with Gasteiger partial charge < -0.3 is 19.7 Å². The van der Waals surface area contributed by atoms with Crippen LogP contribution in [0.25, 0.3) is 0 Å². The molecule has 0 radical (unpaired) electrons. The summed E-state index contributed by atoms with van der Waals surface area (Å²) in [7, 11) is 3.27. The van der Waals surface area contributed by atoms with Crippen LogP contribution in [0.15, 0.2) is 59.8 Å². The van der Waals surface area contributed by atoms with Crippen LogP contribution in [-0.4, -0.2) is 85.6 Å². The van der Waals surface area contributed by atoms with Gasteiger partial charge in [-0.1, -0.05) is 45.0 Å². The molecule has 2 aliphatic heterocycles. The molecule has 1 fully saturated rings. The molecule has 0 aromatic heterocycles. The molecule has 0 aliphatic carbocycles. The largest absolute Gasteiger partial charge is 0.497 e. The van der Waals surface area contributed by atoms with Gasteiger partial charge in [0.2, 0.25) is 0 Å². The van der Waals surface area contributed by atoms with Crippen LogP contribution in [0, 0.1) is 0 Å². The molecule has 41 heavy (non-hydrogen) atoms. The van der Waals surface area contributed by atoms with Gasteiger partial charge in [-0.3, -0.25) is 14.6 Å². The zero-order chi connectivity index (χ0) is 29.9. The summed E-state index contributed by atoms with van der Waals surface area (Å²) < 4.78 is 10.7. The number of hydrogen-bond donors (Lipinski definition) is 1. The van der Waals surface area contributed by atoms with Gasteiger partial charge in [0.15, 0.2) is 0 Å². The minimum absolute atomic E-state index is 0.0207. The van der Waals surface area contributed by atoms with Crippen molar-refractivity contribution >= 4 is 17.9 Å². The van der Waals surface area contributed by atoms with E-state index in [0.29, 0.717) is 48.8 Å². The summed E-state index contributed by atoms with van der Waals surface area (Å²) in [5.41, 5.74) is 3.62. The molecule has 220 valence electrons. The molecular formula is C32H42N4O5. The highest BCUT2D eigenvalue weighted by molar-refractivity contribution is 5.95. The first kappa shape index (κ1) is 30.1. The molecule has 9 heteroatoms. The third-order valence-corrected chi connectivity index (χ3v) is 7.87. The number of methoxy groups -OCH3 is 1. The van der Waals surface area contributed by atoms with E-state index in [1.54, 1.807) is 45.3 Å². The minimum atomic E-state index is -0.628. The number of ether oxygens (including phenoxy) is 2. The molecule has 0 bridgehead atoms. The lowest BCUT2D eigenvalue weighted by atomic mass is 9.85. The lowest BCUT2D eigenvalue weighted by Crippen LogP contribution is -2.56. The van der Waals surface area contributed by atoms with Crippen molar-refractivity contribution in [2.75, 3.05) is 46.9 Å². The van der Waals surface area contributed by atoms with Gasteiger partial charge in [0.1, 0.15) is 5.75 Å². The lowest BCUT2D eigenvalue weighted by Gasteiger charge is -2.42. The van der Waals surface area contributed by atoms with Gasteiger partial charge in [0.25, 0.3) is 5.91 Å². The Hall–Kier alpha value is -3.85. The Bertz CT molecular complexity index is 1300. The van der Waals surface area contributed by atoms with Crippen LogP contribution in [0.5, 0.6) is 5.75 Å². The first-order valence-electron chi connectivity index (χ1n) is 14.2. The van der Waals surface area contributed by atoms with E-state index in [9.17, 15) is 14.4 Å². The molecule has 2 aromatic rings. The van der Waals surface area contributed by atoms with E-state index >= 15 is 0 Å². The van der Waals surface area contributed by atoms with Gasteiger partial charge >= 0.3 is 12.0 Å². The van der Waals surface area contributed by atoms with E-state index in [0.717, 1.165) is 5.56 Å². The molecule has 1 N–H and O–H groups in total. The summed E-state index contributed by atoms with van der Waals surface area (Å²) in [4.78, 5) is 45.3. The number of carbonyl (C=O) groups excluding carboxylic acids is 3. The molecule has 0 saturated carbocycles. The molecule has 2 aliphatic rings. The van der Waals surface area contributed by atoms with Crippen molar-refractivity contribution in [3.05, 3.63) is 76.5 Å². The van der Waals surface area contributed by atoms with Crippen LogP contribution in [0.2, 0.25) is 0 Å². The van der Waals surface area contributed by atoms with Gasteiger partial charge in [0, 0.05) is 50.5 Å².